The highest BCUT2D eigenvalue weighted by Gasteiger charge is 2.18. The molecule has 0 aliphatic heterocycles. The summed E-state index contributed by atoms with van der Waals surface area (Å²) in [7, 11) is 0. The molecule has 2 aromatic rings. The quantitative estimate of drug-likeness (QED) is 0.885. The van der Waals surface area contributed by atoms with Crippen molar-refractivity contribution in [2.45, 2.75) is 20.3 Å². The fraction of sp³-hybridized carbons (Fsp3) is 0.200. The van der Waals surface area contributed by atoms with Crippen LogP contribution in [0.25, 0.3) is 0 Å². The molecule has 0 unspecified atom stereocenters. The van der Waals surface area contributed by atoms with Crippen LogP contribution >= 0.6 is 22.9 Å². The zero-order valence-electron chi connectivity index (χ0n) is 11.6. The molecule has 1 aromatic carbocycles. The van der Waals surface area contributed by atoms with E-state index in [1.807, 2.05) is 6.92 Å². The summed E-state index contributed by atoms with van der Waals surface area (Å²) < 4.78 is 0. The van der Waals surface area contributed by atoms with E-state index < -0.39 is 5.97 Å². The van der Waals surface area contributed by atoms with Crippen molar-refractivity contribution in [3.63, 3.8) is 0 Å². The lowest BCUT2D eigenvalue weighted by atomic mass is 10.1. The number of carboxylic acids is 1. The highest BCUT2D eigenvalue weighted by molar-refractivity contribution is 7.16. The SMILES string of the molecule is CCc1cc(C(=O)O)c(NC(=O)c2cccc(Cl)c2C)s1. The number of halogens is 1. The van der Waals surface area contributed by atoms with Crippen molar-refractivity contribution in [3.05, 3.63) is 50.9 Å². The molecule has 0 aliphatic carbocycles. The van der Waals surface area contributed by atoms with Crippen LogP contribution in [0.1, 0.15) is 38.1 Å². The second kappa shape index (κ2) is 6.28. The van der Waals surface area contributed by atoms with E-state index in [0.29, 0.717) is 21.2 Å². The first-order chi connectivity index (χ1) is 9.93. The number of thiophene rings is 1. The first-order valence-electron chi connectivity index (χ1n) is 6.36. The number of nitrogens with one attached hydrogen (secondary N) is 1. The van der Waals surface area contributed by atoms with Gasteiger partial charge in [-0.25, -0.2) is 4.79 Å². The smallest absolute Gasteiger partial charge is 0.338 e. The van der Waals surface area contributed by atoms with Gasteiger partial charge in [0.05, 0.1) is 5.56 Å². The lowest BCUT2D eigenvalue weighted by molar-refractivity contribution is 0.0698. The van der Waals surface area contributed by atoms with Crippen molar-refractivity contribution in [2.24, 2.45) is 0 Å². The number of benzene rings is 1. The Hall–Kier alpha value is -1.85. The lowest BCUT2D eigenvalue weighted by Gasteiger charge is -2.08. The number of hydrogen-bond donors (Lipinski definition) is 2. The van der Waals surface area contributed by atoms with Crippen molar-refractivity contribution in [3.8, 4) is 0 Å². The third kappa shape index (κ3) is 3.25. The second-order valence-electron chi connectivity index (χ2n) is 4.48. The first kappa shape index (κ1) is 15.5. The molecule has 2 N–H and O–H groups in total. The summed E-state index contributed by atoms with van der Waals surface area (Å²) >= 11 is 7.27. The summed E-state index contributed by atoms with van der Waals surface area (Å²) in [4.78, 5) is 24.4. The van der Waals surface area contributed by atoms with E-state index in [1.165, 1.54) is 11.3 Å². The molecular weight excluding hydrogens is 310 g/mol. The van der Waals surface area contributed by atoms with Crippen molar-refractivity contribution in [2.75, 3.05) is 5.32 Å². The molecule has 0 aliphatic rings. The Morgan fingerprint density at radius 2 is 2.05 bits per heavy atom. The third-order valence-electron chi connectivity index (χ3n) is 3.10. The van der Waals surface area contributed by atoms with Crippen molar-refractivity contribution in [1.29, 1.82) is 0 Å². The number of carboxylic acid groups (broad SMARTS) is 1. The Morgan fingerprint density at radius 1 is 1.33 bits per heavy atom. The van der Waals surface area contributed by atoms with Crippen molar-refractivity contribution >= 4 is 39.8 Å². The molecule has 1 aromatic heterocycles. The zero-order valence-corrected chi connectivity index (χ0v) is 13.1. The summed E-state index contributed by atoms with van der Waals surface area (Å²) in [6, 6.07) is 6.64. The van der Waals surface area contributed by atoms with Crippen LogP contribution in [-0.2, 0) is 6.42 Å². The molecule has 4 nitrogen and oxygen atoms in total. The van der Waals surface area contributed by atoms with Crippen LogP contribution in [0, 0.1) is 6.92 Å². The minimum Gasteiger partial charge on any atom is -0.478 e. The average Bonchev–Trinajstić information content (AvgIpc) is 2.85. The van der Waals surface area contributed by atoms with Gasteiger partial charge in [-0.15, -0.1) is 11.3 Å². The molecule has 0 spiro atoms. The summed E-state index contributed by atoms with van der Waals surface area (Å²) in [5.41, 5.74) is 1.22. The van der Waals surface area contributed by atoms with Crippen LogP contribution in [0.3, 0.4) is 0 Å². The van der Waals surface area contributed by atoms with Crippen LogP contribution in [0.5, 0.6) is 0 Å². The van der Waals surface area contributed by atoms with Gasteiger partial charge < -0.3 is 10.4 Å². The number of carbonyl (C=O) groups excluding carboxylic acids is 1. The minimum absolute atomic E-state index is 0.116. The fourth-order valence-electron chi connectivity index (χ4n) is 1.89. The Bertz CT molecular complexity index is 709. The highest BCUT2D eigenvalue weighted by atomic mass is 35.5. The fourth-order valence-corrected chi connectivity index (χ4v) is 3.05. The monoisotopic (exact) mass is 323 g/mol. The molecule has 0 fully saturated rings. The maximum atomic E-state index is 12.3. The Morgan fingerprint density at radius 3 is 2.67 bits per heavy atom. The van der Waals surface area contributed by atoms with Gasteiger partial charge in [0.15, 0.2) is 0 Å². The van der Waals surface area contributed by atoms with Gasteiger partial charge in [0.1, 0.15) is 5.00 Å². The van der Waals surface area contributed by atoms with Gasteiger partial charge in [-0.2, -0.15) is 0 Å². The van der Waals surface area contributed by atoms with Gasteiger partial charge in [0.25, 0.3) is 5.91 Å². The van der Waals surface area contributed by atoms with Crippen LogP contribution in [-0.4, -0.2) is 17.0 Å². The summed E-state index contributed by atoms with van der Waals surface area (Å²) in [5.74, 6) is -1.41. The van der Waals surface area contributed by atoms with Gasteiger partial charge in [0.2, 0.25) is 0 Å². The van der Waals surface area contributed by atoms with Crippen LogP contribution in [0.15, 0.2) is 24.3 Å². The molecule has 1 heterocycles. The topological polar surface area (TPSA) is 66.4 Å². The molecular formula is C15H14ClNO3S. The maximum Gasteiger partial charge on any atom is 0.338 e. The van der Waals surface area contributed by atoms with E-state index in [0.717, 1.165) is 11.3 Å². The van der Waals surface area contributed by atoms with Crippen LogP contribution in [0.2, 0.25) is 5.02 Å². The van der Waals surface area contributed by atoms with E-state index in [9.17, 15) is 14.7 Å². The molecule has 0 saturated carbocycles. The number of carbonyl (C=O) groups is 2. The summed E-state index contributed by atoms with van der Waals surface area (Å²) in [6.45, 7) is 3.69. The van der Waals surface area contributed by atoms with Crippen molar-refractivity contribution in [1.82, 2.24) is 0 Å². The Kier molecular flexibility index (Phi) is 4.65. The number of aromatic carboxylic acids is 1. The molecule has 2 rings (SSSR count). The van der Waals surface area contributed by atoms with Crippen LogP contribution < -0.4 is 5.32 Å². The lowest BCUT2D eigenvalue weighted by Crippen LogP contribution is -2.14. The zero-order chi connectivity index (χ0) is 15.6. The number of rotatable bonds is 4. The predicted octanol–water partition coefficient (Wildman–Crippen LogP) is 4.22. The predicted molar refractivity (Wildman–Crippen MR) is 84.8 cm³/mol. The number of amides is 1. The normalized spacial score (nSPS) is 10.4. The third-order valence-corrected chi connectivity index (χ3v) is 4.71. The number of hydrogen-bond acceptors (Lipinski definition) is 3. The summed E-state index contributed by atoms with van der Waals surface area (Å²) in [6.07, 6.45) is 0.719. The van der Waals surface area contributed by atoms with E-state index in [2.05, 4.69) is 5.32 Å². The molecule has 1 amide bonds. The minimum atomic E-state index is -1.05. The van der Waals surface area contributed by atoms with E-state index in [1.54, 1.807) is 31.2 Å². The molecule has 0 radical (unpaired) electrons. The Labute approximate surface area is 131 Å². The van der Waals surface area contributed by atoms with E-state index in [4.69, 9.17) is 11.6 Å². The van der Waals surface area contributed by atoms with Crippen molar-refractivity contribution < 1.29 is 14.7 Å². The van der Waals surface area contributed by atoms with Gasteiger partial charge in [-0.1, -0.05) is 24.6 Å². The number of aryl methyl sites for hydroxylation is 1. The molecule has 21 heavy (non-hydrogen) atoms. The first-order valence-corrected chi connectivity index (χ1v) is 7.56. The van der Waals surface area contributed by atoms with Gasteiger partial charge in [-0.05, 0) is 37.1 Å². The highest BCUT2D eigenvalue weighted by Crippen LogP contribution is 2.29. The van der Waals surface area contributed by atoms with Gasteiger partial charge in [0, 0.05) is 15.5 Å². The standard InChI is InChI=1S/C15H14ClNO3S/c1-3-9-7-11(15(19)20)14(21-9)17-13(18)10-5-4-6-12(16)8(10)2/h4-7H,3H2,1-2H3,(H,17,18)(H,19,20). The summed E-state index contributed by atoms with van der Waals surface area (Å²) in [5, 5.41) is 12.7. The maximum absolute atomic E-state index is 12.3. The van der Waals surface area contributed by atoms with Crippen LogP contribution in [0.4, 0.5) is 5.00 Å². The molecule has 0 bridgehead atoms. The second-order valence-corrected chi connectivity index (χ2v) is 6.02. The molecule has 6 heteroatoms. The van der Waals surface area contributed by atoms with E-state index in [-0.39, 0.29) is 11.5 Å². The largest absolute Gasteiger partial charge is 0.478 e. The number of anilines is 1. The molecule has 0 saturated heterocycles. The van der Waals surface area contributed by atoms with E-state index >= 15 is 0 Å². The van der Waals surface area contributed by atoms with Gasteiger partial charge in [-0.3, -0.25) is 4.79 Å². The molecule has 0 atom stereocenters. The average molecular weight is 324 g/mol. The Balaban J connectivity index is 2.33. The molecule has 110 valence electrons. The van der Waals surface area contributed by atoms with Gasteiger partial charge >= 0.3 is 5.97 Å².